The first-order valence-electron chi connectivity index (χ1n) is 11.6. The third kappa shape index (κ3) is 4.11. The van der Waals surface area contributed by atoms with Gasteiger partial charge in [0.25, 0.3) is 0 Å². The molecule has 1 saturated heterocycles. The van der Waals surface area contributed by atoms with E-state index in [4.69, 9.17) is 9.47 Å². The Morgan fingerprint density at radius 2 is 2.03 bits per heavy atom. The van der Waals surface area contributed by atoms with Crippen molar-refractivity contribution in [2.45, 2.75) is 70.4 Å². The Morgan fingerprint density at radius 1 is 1.19 bits per heavy atom. The van der Waals surface area contributed by atoms with E-state index in [2.05, 4.69) is 15.0 Å². The Balaban J connectivity index is 1.32. The molecule has 172 valence electrons. The molecule has 9 heteroatoms. The number of pyridine rings is 1. The highest BCUT2D eigenvalue weighted by atomic mass is 16.5. The lowest BCUT2D eigenvalue weighted by atomic mass is 9.89. The van der Waals surface area contributed by atoms with E-state index < -0.39 is 16.7 Å². The Hall–Kier alpha value is -2.52. The highest BCUT2D eigenvalue weighted by Crippen LogP contribution is 2.32. The van der Waals surface area contributed by atoms with Gasteiger partial charge in [0.05, 0.1) is 13.7 Å². The highest BCUT2D eigenvalue weighted by molar-refractivity contribution is 5.25. The van der Waals surface area contributed by atoms with E-state index >= 15 is 0 Å². The molecule has 32 heavy (non-hydrogen) atoms. The van der Waals surface area contributed by atoms with Gasteiger partial charge in [-0.05, 0) is 31.2 Å². The largest absolute Gasteiger partial charge is 0.481 e. The second kappa shape index (κ2) is 8.78. The lowest BCUT2D eigenvalue weighted by Gasteiger charge is -2.35. The van der Waals surface area contributed by atoms with Gasteiger partial charge in [0.15, 0.2) is 5.82 Å². The molecule has 1 atom stereocenters. The first-order valence-corrected chi connectivity index (χ1v) is 11.6. The molecule has 0 unspecified atom stereocenters. The summed E-state index contributed by atoms with van der Waals surface area (Å²) in [5.74, 6) is 1.62. The predicted octanol–water partition coefficient (Wildman–Crippen LogP) is 1.56. The lowest BCUT2D eigenvalue weighted by molar-refractivity contribution is -0.0860. The third-order valence-corrected chi connectivity index (χ3v) is 7.15. The molecule has 2 aliphatic heterocycles. The van der Waals surface area contributed by atoms with Crippen molar-refractivity contribution in [1.82, 2.24) is 24.2 Å². The number of likely N-dealkylation sites (tertiary alicyclic amines) is 1. The van der Waals surface area contributed by atoms with Crippen LogP contribution in [0.2, 0.25) is 0 Å². The van der Waals surface area contributed by atoms with Crippen LogP contribution < -0.4 is 15.9 Å². The maximum Gasteiger partial charge on any atom is 0.332 e. The fourth-order valence-electron chi connectivity index (χ4n) is 5.42. The van der Waals surface area contributed by atoms with Gasteiger partial charge in [-0.15, -0.1) is 0 Å². The van der Waals surface area contributed by atoms with Crippen molar-refractivity contribution < 1.29 is 9.47 Å². The molecule has 0 amide bonds. The predicted molar refractivity (Wildman–Crippen MR) is 118 cm³/mol. The molecular formula is C23H31N5O4. The number of nitrogens with zero attached hydrogens (tertiary/aromatic N) is 5. The maximum absolute atomic E-state index is 13.0. The molecule has 0 N–H and O–H groups in total. The van der Waals surface area contributed by atoms with Gasteiger partial charge in [0.2, 0.25) is 5.88 Å². The van der Waals surface area contributed by atoms with Crippen LogP contribution in [0.15, 0.2) is 27.9 Å². The zero-order valence-electron chi connectivity index (χ0n) is 18.7. The first kappa shape index (κ1) is 21.3. The van der Waals surface area contributed by atoms with Crippen LogP contribution in [0.1, 0.15) is 49.9 Å². The van der Waals surface area contributed by atoms with Gasteiger partial charge in [0.1, 0.15) is 12.2 Å². The molecule has 0 aromatic carbocycles. The van der Waals surface area contributed by atoms with E-state index in [1.165, 1.54) is 23.9 Å². The number of hydrogen-bond acceptors (Lipinski definition) is 7. The van der Waals surface area contributed by atoms with Crippen LogP contribution in [0.3, 0.4) is 0 Å². The summed E-state index contributed by atoms with van der Waals surface area (Å²) >= 11 is 0. The molecule has 4 heterocycles. The number of hydrogen-bond donors (Lipinski definition) is 0. The van der Waals surface area contributed by atoms with E-state index in [-0.39, 0.29) is 6.61 Å². The average molecular weight is 442 g/mol. The number of fused-ring (bicyclic) bond motifs is 1. The van der Waals surface area contributed by atoms with Crippen LogP contribution in [-0.4, -0.2) is 50.0 Å². The summed E-state index contributed by atoms with van der Waals surface area (Å²) in [6.07, 6.45) is 8.36. The Morgan fingerprint density at radius 3 is 2.84 bits per heavy atom. The lowest BCUT2D eigenvalue weighted by Crippen LogP contribution is -2.53. The van der Waals surface area contributed by atoms with Crippen molar-refractivity contribution in [3.8, 4) is 5.88 Å². The molecule has 0 bridgehead atoms. The summed E-state index contributed by atoms with van der Waals surface area (Å²) in [4.78, 5) is 32.3. The summed E-state index contributed by atoms with van der Waals surface area (Å²) < 4.78 is 14.6. The molecule has 2 aromatic rings. The molecule has 0 radical (unpaired) electrons. The SMILES string of the molecule is COc1ncccc1CN1CC[C@@]2(C1)Cn1c(nn(CC3CCCCC3)c(=O)c1=O)CO2. The first-order chi connectivity index (χ1) is 15.6. The molecular weight excluding hydrogens is 410 g/mol. The Kier molecular flexibility index (Phi) is 5.86. The summed E-state index contributed by atoms with van der Waals surface area (Å²) in [6.45, 7) is 3.38. The van der Waals surface area contributed by atoms with E-state index in [9.17, 15) is 9.59 Å². The van der Waals surface area contributed by atoms with Crippen molar-refractivity contribution in [3.63, 3.8) is 0 Å². The van der Waals surface area contributed by atoms with Crippen molar-refractivity contribution in [2.24, 2.45) is 5.92 Å². The summed E-state index contributed by atoms with van der Waals surface area (Å²) in [5, 5.41) is 4.54. The zero-order valence-corrected chi connectivity index (χ0v) is 18.7. The van der Waals surface area contributed by atoms with Gasteiger partial charge in [-0.1, -0.05) is 25.3 Å². The summed E-state index contributed by atoms with van der Waals surface area (Å²) in [6, 6.07) is 3.91. The fraction of sp³-hybridized carbons (Fsp3) is 0.652. The molecule has 2 aromatic heterocycles. The molecule has 3 aliphatic rings. The van der Waals surface area contributed by atoms with E-state index in [1.54, 1.807) is 17.9 Å². The normalized spacial score (nSPS) is 24.0. The second-order valence-electron chi connectivity index (χ2n) is 9.40. The third-order valence-electron chi connectivity index (χ3n) is 7.15. The summed E-state index contributed by atoms with van der Waals surface area (Å²) in [5.41, 5.74) is -0.435. The number of ether oxygens (including phenoxy) is 2. The standard InChI is InChI=1S/C23H31N5O4/c1-31-20-18(8-5-10-24-20)13-26-11-9-23(15-26)16-27-19(14-32-23)25-28(22(30)21(27)29)12-17-6-3-2-4-7-17/h5,8,10,17H,2-4,6-7,9,11-16H2,1H3/t23-/m1/s1. The van der Waals surface area contributed by atoms with Crippen LogP contribution in [0.5, 0.6) is 5.88 Å². The van der Waals surface area contributed by atoms with Gasteiger partial charge in [-0.3, -0.25) is 19.1 Å². The van der Waals surface area contributed by atoms with E-state index in [0.717, 1.165) is 31.4 Å². The van der Waals surface area contributed by atoms with Crippen LogP contribution in [0, 0.1) is 5.92 Å². The van der Waals surface area contributed by atoms with Gasteiger partial charge in [-0.25, -0.2) is 9.67 Å². The molecule has 1 saturated carbocycles. The van der Waals surface area contributed by atoms with Crippen LogP contribution in [0.25, 0.3) is 0 Å². The Bertz CT molecular complexity index is 1090. The smallest absolute Gasteiger partial charge is 0.332 e. The molecule has 1 aliphatic carbocycles. The topological polar surface area (TPSA) is 91.5 Å². The number of rotatable bonds is 5. The minimum atomic E-state index is -0.508. The minimum absolute atomic E-state index is 0.254. The van der Waals surface area contributed by atoms with Crippen LogP contribution in [0.4, 0.5) is 0 Å². The van der Waals surface area contributed by atoms with Gasteiger partial charge >= 0.3 is 11.1 Å². The highest BCUT2D eigenvalue weighted by Gasteiger charge is 2.43. The van der Waals surface area contributed by atoms with E-state index in [1.807, 2.05) is 12.1 Å². The quantitative estimate of drug-likeness (QED) is 0.651. The maximum atomic E-state index is 13.0. The molecule has 1 spiro atoms. The van der Waals surface area contributed by atoms with Gasteiger partial charge < -0.3 is 9.47 Å². The molecule has 5 rings (SSSR count). The monoisotopic (exact) mass is 441 g/mol. The van der Waals surface area contributed by atoms with Crippen LogP contribution in [-0.2, 0) is 31.0 Å². The number of methoxy groups -OCH3 is 1. The van der Waals surface area contributed by atoms with Gasteiger partial charge in [-0.2, -0.15) is 5.10 Å². The Labute approximate surface area is 187 Å². The molecule has 9 nitrogen and oxygen atoms in total. The van der Waals surface area contributed by atoms with Crippen molar-refractivity contribution in [3.05, 3.63) is 50.4 Å². The zero-order chi connectivity index (χ0) is 22.1. The van der Waals surface area contributed by atoms with Crippen molar-refractivity contribution >= 4 is 0 Å². The second-order valence-corrected chi connectivity index (χ2v) is 9.40. The number of aromatic nitrogens is 4. The van der Waals surface area contributed by atoms with Crippen molar-refractivity contribution in [1.29, 1.82) is 0 Å². The van der Waals surface area contributed by atoms with Crippen LogP contribution >= 0.6 is 0 Å². The van der Waals surface area contributed by atoms with Gasteiger partial charge in [0, 0.05) is 37.9 Å². The fourth-order valence-corrected chi connectivity index (χ4v) is 5.42. The average Bonchev–Trinajstić information content (AvgIpc) is 3.20. The molecule has 2 fully saturated rings. The minimum Gasteiger partial charge on any atom is -0.481 e. The summed E-state index contributed by atoms with van der Waals surface area (Å²) in [7, 11) is 1.62. The van der Waals surface area contributed by atoms with E-state index in [0.29, 0.717) is 43.8 Å². The van der Waals surface area contributed by atoms with Crippen molar-refractivity contribution in [2.75, 3.05) is 20.2 Å².